The van der Waals surface area contributed by atoms with Gasteiger partial charge in [-0.2, -0.15) is 0 Å². The molecule has 0 aromatic heterocycles. The summed E-state index contributed by atoms with van der Waals surface area (Å²) < 4.78 is 33.8. The fourth-order valence-electron chi connectivity index (χ4n) is 3.49. The molecule has 0 unspecified atom stereocenters. The smallest absolute Gasteiger partial charge is 0.264 e. The van der Waals surface area contributed by atoms with Crippen molar-refractivity contribution in [1.82, 2.24) is 5.32 Å². The van der Waals surface area contributed by atoms with Gasteiger partial charge in [0.2, 0.25) is 5.91 Å². The summed E-state index contributed by atoms with van der Waals surface area (Å²) in [6.07, 6.45) is 0. The second kappa shape index (κ2) is 11.1. The zero-order valence-electron chi connectivity index (χ0n) is 20.0. The molecule has 7 nitrogen and oxygen atoms in total. The Morgan fingerprint density at radius 2 is 1.59 bits per heavy atom. The quantitative estimate of drug-likeness (QED) is 0.477. The number of aryl methyl sites for hydroxylation is 2. The third-order valence-corrected chi connectivity index (χ3v) is 7.24. The van der Waals surface area contributed by atoms with Crippen molar-refractivity contribution in [3.8, 4) is 5.75 Å². The first-order valence-electron chi connectivity index (χ1n) is 11.0. The van der Waals surface area contributed by atoms with E-state index in [0.29, 0.717) is 24.5 Å². The fraction of sp³-hybridized carbons (Fsp3) is 0.269. The standard InChI is InChI=1S/C26H31N3O4S/c1-20-10-13-23(14-11-20)34(31,32)29(24-18-21(2)12-15-25(24)33-4)19-26(30)27-16-17-28(3)22-8-6-5-7-9-22/h5-15,18H,16-17,19H2,1-4H3,(H,27,30). The van der Waals surface area contributed by atoms with Crippen molar-refractivity contribution in [2.75, 3.05) is 43.0 Å². The summed E-state index contributed by atoms with van der Waals surface area (Å²) >= 11 is 0. The predicted molar refractivity (Wildman–Crippen MR) is 136 cm³/mol. The highest BCUT2D eigenvalue weighted by molar-refractivity contribution is 7.92. The number of anilines is 2. The predicted octanol–water partition coefficient (Wildman–Crippen LogP) is 3.76. The number of carbonyl (C=O) groups excluding carboxylic acids is 1. The lowest BCUT2D eigenvalue weighted by Gasteiger charge is -2.26. The maximum Gasteiger partial charge on any atom is 0.264 e. The van der Waals surface area contributed by atoms with Crippen molar-refractivity contribution in [2.45, 2.75) is 18.7 Å². The molecule has 0 aliphatic carbocycles. The minimum absolute atomic E-state index is 0.110. The average molecular weight is 482 g/mol. The number of hydrogen-bond acceptors (Lipinski definition) is 5. The highest BCUT2D eigenvalue weighted by Gasteiger charge is 2.29. The summed E-state index contributed by atoms with van der Waals surface area (Å²) in [5.74, 6) is -0.0291. The van der Waals surface area contributed by atoms with Crippen molar-refractivity contribution in [2.24, 2.45) is 0 Å². The Morgan fingerprint density at radius 1 is 0.941 bits per heavy atom. The number of sulfonamides is 1. The molecule has 0 saturated carbocycles. The van der Waals surface area contributed by atoms with Gasteiger partial charge in [-0.1, -0.05) is 42.0 Å². The third-order valence-electron chi connectivity index (χ3n) is 5.47. The molecule has 0 bridgehead atoms. The first-order valence-corrected chi connectivity index (χ1v) is 12.4. The van der Waals surface area contributed by atoms with Crippen molar-refractivity contribution >= 4 is 27.3 Å². The maximum atomic E-state index is 13.6. The number of amides is 1. The van der Waals surface area contributed by atoms with Crippen LogP contribution in [0.2, 0.25) is 0 Å². The van der Waals surface area contributed by atoms with Gasteiger partial charge in [0, 0.05) is 25.8 Å². The fourth-order valence-corrected chi connectivity index (χ4v) is 4.92. The summed E-state index contributed by atoms with van der Waals surface area (Å²) in [6.45, 7) is 4.32. The number of hydrogen-bond donors (Lipinski definition) is 1. The van der Waals surface area contributed by atoms with Gasteiger partial charge in [-0.25, -0.2) is 8.42 Å². The second-order valence-corrected chi connectivity index (χ2v) is 9.97. The van der Waals surface area contributed by atoms with E-state index in [4.69, 9.17) is 4.74 Å². The number of rotatable bonds is 10. The minimum Gasteiger partial charge on any atom is -0.495 e. The summed E-state index contributed by atoms with van der Waals surface area (Å²) in [5.41, 5.74) is 3.15. The van der Waals surface area contributed by atoms with Gasteiger partial charge in [0.25, 0.3) is 10.0 Å². The van der Waals surface area contributed by atoms with Gasteiger partial charge in [0.15, 0.2) is 0 Å². The van der Waals surface area contributed by atoms with Gasteiger partial charge in [0.1, 0.15) is 12.3 Å². The third kappa shape index (κ3) is 6.08. The first-order chi connectivity index (χ1) is 16.2. The Kier molecular flexibility index (Phi) is 8.17. The molecule has 0 fully saturated rings. The van der Waals surface area contributed by atoms with Crippen molar-refractivity contribution in [3.63, 3.8) is 0 Å². The minimum atomic E-state index is -4.02. The molecule has 8 heteroatoms. The molecular weight excluding hydrogens is 450 g/mol. The van der Waals surface area contributed by atoms with E-state index in [1.54, 1.807) is 36.4 Å². The topological polar surface area (TPSA) is 79.0 Å². The SMILES string of the molecule is COc1ccc(C)cc1N(CC(=O)NCCN(C)c1ccccc1)S(=O)(=O)c1ccc(C)cc1. The second-order valence-electron chi connectivity index (χ2n) is 8.11. The van der Waals surface area contributed by atoms with Crippen LogP contribution in [-0.4, -0.2) is 48.1 Å². The molecule has 3 aromatic carbocycles. The van der Waals surface area contributed by atoms with Crippen molar-refractivity contribution in [3.05, 3.63) is 83.9 Å². The normalized spacial score (nSPS) is 11.1. The van der Waals surface area contributed by atoms with E-state index >= 15 is 0 Å². The highest BCUT2D eigenvalue weighted by atomic mass is 32.2. The zero-order valence-corrected chi connectivity index (χ0v) is 20.8. The van der Waals surface area contributed by atoms with Crippen LogP contribution in [0.25, 0.3) is 0 Å². The van der Waals surface area contributed by atoms with Gasteiger partial charge in [-0.05, 0) is 55.8 Å². The number of benzene rings is 3. The van der Waals surface area contributed by atoms with Crippen LogP contribution in [0.1, 0.15) is 11.1 Å². The summed E-state index contributed by atoms with van der Waals surface area (Å²) in [5, 5.41) is 2.84. The lowest BCUT2D eigenvalue weighted by molar-refractivity contribution is -0.119. The molecule has 0 radical (unpaired) electrons. The number of nitrogens with one attached hydrogen (secondary N) is 1. The van der Waals surface area contributed by atoms with Crippen molar-refractivity contribution < 1.29 is 17.9 Å². The Hall–Kier alpha value is -3.52. The Balaban J connectivity index is 1.82. The van der Waals surface area contributed by atoms with E-state index in [9.17, 15) is 13.2 Å². The Morgan fingerprint density at radius 3 is 2.24 bits per heavy atom. The summed E-state index contributed by atoms with van der Waals surface area (Å²) in [4.78, 5) is 15.0. The number of ether oxygens (including phenoxy) is 1. The molecule has 0 atom stereocenters. The molecule has 3 aromatic rings. The number of nitrogens with zero attached hydrogens (tertiary/aromatic N) is 2. The average Bonchev–Trinajstić information content (AvgIpc) is 2.83. The number of carbonyl (C=O) groups is 1. The zero-order chi connectivity index (χ0) is 24.7. The molecule has 1 N–H and O–H groups in total. The molecule has 34 heavy (non-hydrogen) atoms. The Labute approximate surface area is 202 Å². The van der Waals surface area contributed by atoms with E-state index in [2.05, 4.69) is 5.32 Å². The van der Waals surface area contributed by atoms with E-state index in [1.807, 2.05) is 62.2 Å². The molecule has 1 amide bonds. The van der Waals surface area contributed by atoms with E-state index in [0.717, 1.165) is 21.1 Å². The summed E-state index contributed by atoms with van der Waals surface area (Å²) in [7, 11) is -0.603. The van der Waals surface area contributed by atoms with E-state index in [1.165, 1.54) is 7.11 Å². The number of likely N-dealkylation sites (N-methyl/N-ethyl adjacent to an activating group) is 1. The van der Waals surface area contributed by atoms with Gasteiger partial charge in [-0.3, -0.25) is 9.10 Å². The van der Waals surface area contributed by atoms with Crippen LogP contribution in [-0.2, 0) is 14.8 Å². The molecule has 0 aliphatic rings. The van der Waals surface area contributed by atoms with Crippen molar-refractivity contribution in [1.29, 1.82) is 0 Å². The number of para-hydroxylation sites is 1. The molecule has 3 rings (SSSR count). The lowest BCUT2D eigenvalue weighted by atomic mass is 10.2. The van der Waals surface area contributed by atoms with Gasteiger partial charge >= 0.3 is 0 Å². The van der Waals surface area contributed by atoms with E-state index in [-0.39, 0.29) is 11.4 Å². The van der Waals surface area contributed by atoms with Crippen LogP contribution in [0.5, 0.6) is 5.75 Å². The highest BCUT2D eigenvalue weighted by Crippen LogP contribution is 2.33. The van der Waals surface area contributed by atoms with Gasteiger partial charge in [0.05, 0.1) is 17.7 Å². The van der Waals surface area contributed by atoms with Crippen LogP contribution in [0.4, 0.5) is 11.4 Å². The monoisotopic (exact) mass is 481 g/mol. The summed E-state index contributed by atoms with van der Waals surface area (Å²) in [6, 6.07) is 21.6. The van der Waals surface area contributed by atoms with Crippen LogP contribution in [0, 0.1) is 13.8 Å². The Bertz CT molecular complexity index is 1210. The van der Waals surface area contributed by atoms with Gasteiger partial charge in [-0.15, -0.1) is 0 Å². The lowest BCUT2D eigenvalue weighted by Crippen LogP contribution is -2.43. The maximum absolute atomic E-state index is 13.6. The molecule has 0 spiro atoms. The van der Waals surface area contributed by atoms with Crippen LogP contribution in [0.3, 0.4) is 0 Å². The van der Waals surface area contributed by atoms with Crippen LogP contribution < -0.4 is 19.3 Å². The largest absolute Gasteiger partial charge is 0.495 e. The number of methoxy groups -OCH3 is 1. The molecule has 0 heterocycles. The molecule has 0 saturated heterocycles. The van der Waals surface area contributed by atoms with Gasteiger partial charge < -0.3 is 15.0 Å². The molecular formula is C26H31N3O4S. The molecule has 180 valence electrons. The van der Waals surface area contributed by atoms with E-state index < -0.39 is 15.9 Å². The van der Waals surface area contributed by atoms with Crippen LogP contribution in [0.15, 0.2) is 77.7 Å². The molecule has 0 aliphatic heterocycles. The van der Waals surface area contributed by atoms with Crippen LogP contribution >= 0.6 is 0 Å². The first kappa shape index (κ1) is 25.1.